The van der Waals surface area contributed by atoms with E-state index >= 15 is 0 Å². The minimum Gasteiger partial charge on any atom is -0.340 e. The van der Waals surface area contributed by atoms with Crippen LogP contribution in [0.25, 0.3) is 0 Å². The summed E-state index contributed by atoms with van der Waals surface area (Å²) in [6.45, 7) is 8.98. The number of nitrogens with two attached hydrogens (primary N) is 1. The van der Waals surface area contributed by atoms with Crippen molar-refractivity contribution < 1.29 is 4.79 Å². The Bertz CT molecular complexity index is 473. The van der Waals surface area contributed by atoms with Crippen LogP contribution in [-0.4, -0.2) is 48.4 Å². The average molecular weight is 275 g/mol. The monoisotopic (exact) mass is 275 g/mol. The molecule has 0 atom stereocenters. The fourth-order valence-corrected chi connectivity index (χ4v) is 2.67. The molecule has 0 radical (unpaired) electrons. The summed E-state index contributed by atoms with van der Waals surface area (Å²) in [5, 5.41) is 0. The number of aryl methyl sites for hydroxylation is 2. The Morgan fingerprint density at radius 2 is 1.95 bits per heavy atom. The third-order valence-corrected chi connectivity index (χ3v) is 4.09. The minimum atomic E-state index is 0.0676. The molecular formula is C16H25N3O. The highest BCUT2D eigenvalue weighted by molar-refractivity contribution is 5.78. The molecule has 1 heterocycles. The van der Waals surface area contributed by atoms with Crippen molar-refractivity contribution in [1.29, 1.82) is 0 Å². The Labute approximate surface area is 121 Å². The van der Waals surface area contributed by atoms with E-state index in [1.807, 2.05) is 4.90 Å². The Balaban J connectivity index is 1.93. The number of hydrogen-bond acceptors (Lipinski definition) is 3. The Morgan fingerprint density at radius 3 is 2.65 bits per heavy atom. The summed E-state index contributed by atoms with van der Waals surface area (Å²) >= 11 is 0. The van der Waals surface area contributed by atoms with Crippen molar-refractivity contribution in [3.63, 3.8) is 0 Å². The Kier molecular flexibility index (Phi) is 5.15. The zero-order valence-electron chi connectivity index (χ0n) is 12.6. The number of rotatable bonds is 3. The SMILES string of the molecule is Cc1ccc(CN2CCCN(C(=O)CN)CC2)cc1C. The third kappa shape index (κ3) is 3.81. The molecular weight excluding hydrogens is 250 g/mol. The summed E-state index contributed by atoms with van der Waals surface area (Å²) in [5.41, 5.74) is 9.47. The molecule has 1 aromatic rings. The summed E-state index contributed by atoms with van der Waals surface area (Å²) in [6, 6.07) is 6.66. The molecule has 1 fully saturated rings. The summed E-state index contributed by atoms with van der Waals surface area (Å²) in [7, 11) is 0. The molecule has 1 aliphatic rings. The quantitative estimate of drug-likeness (QED) is 0.904. The summed E-state index contributed by atoms with van der Waals surface area (Å²) < 4.78 is 0. The lowest BCUT2D eigenvalue weighted by molar-refractivity contribution is -0.129. The highest BCUT2D eigenvalue weighted by atomic mass is 16.2. The van der Waals surface area contributed by atoms with Crippen LogP contribution in [0.15, 0.2) is 18.2 Å². The molecule has 0 unspecified atom stereocenters. The summed E-state index contributed by atoms with van der Waals surface area (Å²) in [4.78, 5) is 16.0. The molecule has 0 bridgehead atoms. The van der Waals surface area contributed by atoms with Gasteiger partial charge >= 0.3 is 0 Å². The zero-order chi connectivity index (χ0) is 14.5. The van der Waals surface area contributed by atoms with E-state index in [0.717, 1.165) is 39.1 Å². The number of nitrogens with zero attached hydrogens (tertiary/aromatic N) is 2. The molecule has 2 rings (SSSR count). The number of carbonyl (C=O) groups excluding carboxylic acids is 1. The minimum absolute atomic E-state index is 0.0676. The van der Waals surface area contributed by atoms with E-state index in [1.165, 1.54) is 16.7 Å². The lowest BCUT2D eigenvalue weighted by Crippen LogP contribution is -2.38. The van der Waals surface area contributed by atoms with Gasteiger partial charge in [0.05, 0.1) is 6.54 Å². The third-order valence-electron chi connectivity index (χ3n) is 4.09. The van der Waals surface area contributed by atoms with Gasteiger partial charge in [-0.1, -0.05) is 18.2 Å². The number of benzene rings is 1. The molecule has 4 heteroatoms. The highest BCUT2D eigenvalue weighted by Gasteiger charge is 2.18. The second-order valence-electron chi connectivity index (χ2n) is 5.63. The van der Waals surface area contributed by atoms with Crippen molar-refractivity contribution in [2.45, 2.75) is 26.8 Å². The van der Waals surface area contributed by atoms with Crippen LogP contribution >= 0.6 is 0 Å². The van der Waals surface area contributed by atoms with Crippen molar-refractivity contribution in [3.05, 3.63) is 34.9 Å². The van der Waals surface area contributed by atoms with Crippen LogP contribution in [0.4, 0.5) is 0 Å². The topological polar surface area (TPSA) is 49.6 Å². The van der Waals surface area contributed by atoms with Crippen LogP contribution < -0.4 is 5.73 Å². The van der Waals surface area contributed by atoms with E-state index in [9.17, 15) is 4.79 Å². The molecule has 0 aromatic heterocycles. The first kappa shape index (κ1) is 15.0. The second-order valence-corrected chi connectivity index (χ2v) is 5.63. The highest BCUT2D eigenvalue weighted by Crippen LogP contribution is 2.13. The van der Waals surface area contributed by atoms with Crippen LogP contribution in [0.5, 0.6) is 0 Å². The molecule has 0 saturated carbocycles. The van der Waals surface area contributed by atoms with Gasteiger partial charge in [0, 0.05) is 32.7 Å². The van der Waals surface area contributed by atoms with Crippen LogP contribution in [0, 0.1) is 13.8 Å². The van der Waals surface area contributed by atoms with Crippen molar-refractivity contribution in [3.8, 4) is 0 Å². The molecule has 0 spiro atoms. The van der Waals surface area contributed by atoms with E-state index in [1.54, 1.807) is 0 Å². The molecule has 2 N–H and O–H groups in total. The van der Waals surface area contributed by atoms with Crippen molar-refractivity contribution in [2.24, 2.45) is 5.73 Å². The van der Waals surface area contributed by atoms with Gasteiger partial charge < -0.3 is 10.6 Å². The Hall–Kier alpha value is -1.39. The first-order valence-electron chi connectivity index (χ1n) is 7.36. The fourth-order valence-electron chi connectivity index (χ4n) is 2.67. The zero-order valence-corrected chi connectivity index (χ0v) is 12.6. The van der Waals surface area contributed by atoms with Crippen LogP contribution in [0.3, 0.4) is 0 Å². The molecule has 1 aliphatic heterocycles. The molecule has 110 valence electrons. The predicted octanol–water partition coefficient (Wildman–Crippen LogP) is 1.30. The van der Waals surface area contributed by atoms with Gasteiger partial charge in [0.2, 0.25) is 5.91 Å². The largest absolute Gasteiger partial charge is 0.340 e. The van der Waals surface area contributed by atoms with Crippen LogP contribution in [0.2, 0.25) is 0 Å². The Morgan fingerprint density at radius 1 is 1.15 bits per heavy atom. The predicted molar refractivity (Wildman–Crippen MR) is 81.4 cm³/mol. The van der Waals surface area contributed by atoms with Gasteiger partial charge in [0.15, 0.2) is 0 Å². The smallest absolute Gasteiger partial charge is 0.236 e. The lowest BCUT2D eigenvalue weighted by Gasteiger charge is -2.22. The van der Waals surface area contributed by atoms with E-state index in [-0.39, 0.29) is 12.5 Å². The van der Waals surface area contributed by atoms with Crippen LogP contribution in [-0.2, 0) is 11.3 Å². The van der Waals surface area contributed by atoms with Crippen molar-refractivity contribution in [1.82, 2.24) is 9.80 Å². The molecule has 20 heavy (non-hydrogen) atoms. The first-order valence-corrected chi connectivity index (χ1v) is 7.36. The van der Waals surface area contributed by atoms with Crippen LogP contribution in [0.1, 0.15) is 23.1 Å². The number of hydrogen-bond donors (Lipinski definition) is 1. The van der Waals surface area contributed by atoms with E-state index in [4.69, 9.17) is 5.73 Å². The molecule has 4 nitrogen and oxygen atoms in total. The standard InChI is InChI=1S/C16H25N3O/c1-13-4-5-15(10-14(13)2)12-18-6-3-7-19(9-8-18)16(20)11-17/h4-5,10H,3,6-9,11-12,17H2,1-2H3. The molecule has 1 saturated heterocycles. The maximum Gasteiger partial charge on any atom is 0.236 e. The summed E-state index contributed by atoms with van der Waals surface area (Å²) in [5.74, 6) is 0.0676. The summed E-state index contributed by atoms with van der Waals surface area (Å²) in [6.07, 6.45) is 1.02. The normalized spacial score (nSPS) is 17.1. The van der Waals surface area contributed by atoms with Gasteiger partial charge in [-0.2, -0.15) is 0 Å². The average Bonchev–Trinajstić information content (AvgIpc) is 2.68. The van der Waals surface area contributed by atoms with E-state index < -0.39 is 0 Å². The molecule has 1 aromatic carbocycles. The van der Waals surface area contributed by atoms with Gasteiger partial charge in [0.1, 0.15) is 0 Å². The van der Waals surface area contributed by atoms with Gasteiger partial charge in [0.25, 0.3) is 0 Å². The van der Waals surface area contributed by atoms with Crippen molar-refractivity contribution in [2.75, 3.05) is 32.7 Å². The van der Waals surface area contributed by atoms with E-state index in [2.05, 4.69) is 36.9 Å². The number of amides is 1. The van der Waals surface area contributed by atoms with Crippen molar-refractivity contribution >= 4 is 5.91 Å². The maximum absolute atomic E-state index is 11.6. The number of carbonyl (C=O) groups is 1. The fraction of sp³-hybridized carbons (Fsp3) is 0.562. The maximum atomic E-state index is 11.6. The van der Waals surface area contributed by atoms with E-state index in [0.29, 0.717) is 0 Å². The molecule has 0 aliphatic carbocycles. The lowest BCUT2D eigenvalue weighted by atomic mass is 10.1. The van der Waals surface area contributed by atoms with Gasteiger partial charge in [-0.15, -0.1) is 0 Å². The molecule has 1 amide bonds. The second kappa shape index (κ2) is 6.86. The first-order chi connectivity index (χ1) is 9.60. The van der Waals surface area contributed by atoms with Gasteiger partial charge in [-0.3, -0.25) is 9.69 Å². The van der Waals surface area contributed by atoms with Gasteiger partial charge in [-0.25, -0.2) is 0 Å². The van der Waals surface area contributed by atoms with Gasteiger partial charge in [-0.05, 0) is 37.0 Å².